The number of carbonyl (C=O) groups is 2. The van der Waals surface area contributed by atoms with Crippen molar-refractivity contribution in [3.05, 3.63) is 83.9 Å². The number of methoxy groups -OCH3 is 1. The number of benzene rings is 3. The van der Waals surface area contributed by atoms with Gasteiger partial charge in [-0.3, -0.25) is 18.9 Å². The number of carbonyl (C=O) groups excluding carboxylic acids is 1. The van der Waals surface area contributed by atoms with Crippen molar-refractivity contribution in [3.8, 4) is 17.0 Å². The van der Waals surface area contributed by atoms with E-state index in [1.807, 2.05) is 48.5 Å². The second-order valence-corrected chi connectivity index (χ2v) is 10.5. The van der Waals surface area contributed by atoms with Crippen LogP contribution in [-0.2, 0) is 17.6 Å². The van der Waals surface area contributed by atoms with Gasteiger partial charge >= 0.3 is 5.97 Å². The van der Waals surface area contributed by atoms with E-state index in [4.69, 9.17) is 4.74 Å². The molecule has 0 saturated heterocycles. The summed E-state index contributed by atoms with van der Waals surface area (Å²) in [5.74, 6) is -0.483. The minimum absolute atomic E-state index is 0.0703. The molecule has 4 rings (SSSR count). The summed E-state index contributed by atoms with van der Waals surface area (Å²) in [6.07, 6.45) is 5.26. The number of ether oxygens (including phenoxy) is 1. The molecule has 204 valence electrons. The van der Waals surface area contributed by atoms with Gasteiger partial charge in [-0.25, -0.2) is 0 Å². The molecule has 3 aromatic carbocycles. The zero-order chi connectivity index (χ0) is 27.6. The first-order valence-electron chi connectivity index (χ1n) is 13.5. The quantitative estimate of drug-likeness (QED) is 0.127. The highest BCUT2D eigenvalue weighted by molar-refractivity contribution is 7.97. The highest BCUT2D eigenvalue weighted by Crippen LogP contribution is 2.35. The van der Waals surface area contributed by atoms with E-state index >= 15 is 0 Å². The van der Waals surface area contributed by atoms with Crippen LogP contribution >= 0.6 is 11.9 Å². The van der Waals surface area contributed by atoms with Gasteiger partial charge in [0.05, 0.1) is 24.7 Å². The number of hydrogen-bond acceptors (Lipinski definition) is 5. The summed E-state index contributed by atoms with van der Waals surface area (Å²) in [7, 11) is 1.62. The lowest BCUT2D eigenvalue weighted by Crippen LogP contribution is -2.14. The number of fused-ring (bicyclic) bond motifs is 1. The molecule has 2 N–H and O–H groups in total. The number of carboxylic acid groups (broad SMARTS) is 1. The van der Waals surface area contributed by atoms with E-state index in [1.54, 1.807) is 23.6 Å². The number of unbranched alkanes of at least 4 members (excludes halogenated alkanes) is 2. The Bertz CT molecular complexity index is 1390. The van der Waals surface area contributed by atoms with Gasteiger partial charge in [0, 0.05) is 23.2 Å². The number of aromatic nitrogens is 1. The summed E-state index contributed by atoms with van der Waals surface area (Å²) in [6, 6.07) is 24.2. The predicted octanol–water partition coefficient (Wildman–Crippen LogP) is 7.39. The molecule has 0 atom stereocenters. The molecule has 0 bridgehead atoms. The fourth-order valence-electron chi connectivity index (χ4n) is 4.81. The molecule has 0 unspecified atom stereocenters. The van der Waals surface area contributed by atoms with Crippen molar-refractivity contribution in [3.63, 3.8) is 0 Å². The smallest absolute Gasteiger partial charge is 0.303 e. The van der Waals surface area contributed by atoms with Crippen molar-refractivity contribution >= 4 is 34.7 Å². The molecule has 1 heterocycles. The minimum Gasteiger partial charge on any atom is -0.497 e. The predicted molar refractivity (Wildman–Crippen MR) is 159 cm³/mol. The van der Waals surface area contributed by atoms with Gasteiger partial charge in [-0.15, -0.1) is 0 Å². The Morgan fingerprint density at radius 1 is 0.923 bits per heavy atom. The molecule has 0 aliphatic carbocycles. The Morgan fingerprint density at radius 3 is 2.36 bits per heavy atom. The van der Waals surface area contributed by atoms with Gasteiger partial charge in [0.2, 0.25) is 5.91 Å². The molecular formula is C32H36N2O4S. The zero-order valence-corrected chi connectivity index (χ0v) is 23.4. The number of hydrogen-bond donors (Lipinski definition) is 2. The monoisotopic (exact) mass is 544 g/mol. The van der Waals surface area contributed by atoms with Gasteiger partial charge in [0.1, 0.15) is 5.75 Å². The van der Waals surface area contributed by atoms with Gasteiger partial charge in [0.15, 0.2) is 0 Å². The van der Waals surface area contributed by atoms with Crippen LogP contribution in [0.4, 0.5) is 0 Å². The van der Waals surface area contributed by atoms with Crippen LogP contribution in [0.2, 0.25) is 0 Å². The van der Waals surface area contributed by atoms with Gasteiger partial charge < -0.3 is 9.84 Å². The van der Waals surface area contributed by atoms with Gasteiger partial charge in [0.25, 0.3) is 0 Å². The van der Waals surface area contributed by atoms with Crippen molar-refractivity contribution < 1.29 is 19.4 Å². The third kappa shape index (κ3) is 7.31. The van der Waals surface area contributed by atoms with Crippen molar-refractivity contribution in [2.24, 2.45) is 0 Å². The standard InChI is InChI=1S/C32H36N2O4S/c1-3-4-5-8-23-11-17-26(18-12-23)39-33-22-21-28-27-9-6-7-10-29(27)34(30(35)19-20-31(36)37)32(28)24-13-15-25(38-2)16-14-24/h6-7,9-18,33H,3-5,8,19-22H2,1-2H3,(H,36,37). The Balaban J connectivity index is 1.57. The Kier molecular flexibility index (Phi) is 10.2. The summed E-state index contributed by atoms with van der Waals surface area (Å²) < 4.78 is 10.5. The molecule has 0 spiro atoms. The third-order valence-corrected chi connectivity index (χ3v) is 7.66. The molecular weight excluding hydrogens is 508 g/mol. The molecule has 39 heavy (non-hydrogen) atoms. The van der Waals surface area contributed by atoms with Crippen molar-refractivity contribution in [1.29, 1.82) is 0 Å². The fraction of sp³-hybridized carbons (Fsp3) is 0.312. The maximum atomic E-state index is 13.4. The maximum absolute atomic E-state index is 13.4. The van der Waals surface area contributed by atoms with Gasteiger partial charge in [-0.2, -0.15) is 0 Å². The average Bonchev–Trinajstić information content (AvgIpc) is 3.29. The van der Waals surface area contributed by atoms with Crippen LogP contribution in [0.15, 0.2) is 77.7 Å². The molecule has 0 amide bonds. The Labute approximate surface area is 234 Å². The molecule has 0 aliphatic rings. The van der Waals surface area contributed by atoms with Crippen LogP contribution in [0.1, 0.15) is 54.9 Å². The lowest BCUT2D eigenvalue weighted by atomic mass is 10.0. The highest BCUT2D eigenvalue weighted by Gasteiger charge is 2.22. The Morgan fingerprint density at radius 2 is 1.67 bits per heavy atom. The number of aryl methyl sites for hydroxylation is 1. The fourth-order valence-corrected chi connectivity index (χ4v) is 5.45. The van der Waals surface area contributed by atoms with E-state index in [0.717, 1.165) is 44.8 Å². The second kappa shape index (κ2) is 14.0. The largest absolute Gasteiger partial charge is 0.497 e. The van der Waals surface area contributed by atoms with Gasteiger partial charge in [-0.05, 0) is 90.4 Å². The SMILES string of the molecule is CCCCCc1ccc(SNCCc2c(-c3ccc(OC)cc3)n(C(=O)CCC(=O)O)c3ccccc23)cc1. The van der Waals surface area contributed by atoms with E-state index in [0.29, 0.717) is 13.0 Å². The number of aliphatic carboxylic acids is 1. The first-order valence-corrected chi connectivity index (χ1v) is 14.3. The van der Waals surface area contributed by atoms with Crippen LogP contribution < -0.4 is 9.46 Å². The third-order valence-electron chi connectivity index (χ3n) is 6.80. The molecule has 1 aromatic heterocycles. The minimum atomic E-state index is -0.985. The lowest BCUT2D eigenvalue weighted by Gasteiger charge is -2.12. The summed E-state index contributed by atoms with van der Waals surface area (Å²) in [6.45, 7) is 2.92. The summed E-state index contributed by atoms with van der Waals surface area (Å²) in [5, 5.41) is 10.2. The lowest BCUT2D eigenvalue weighted by molar-refractivity contribution is -0.137. The van der Waals surface area contributed by atoms with Gasteiger partial charge in [-0.1, -0.05) is 50.1 Å². The van der Waals surface area contributed by atoms with Crippen molar-refractivity contribution in [2.75, 3.05) is 13.7 Å². The summed E-state index contributed by atoms with van der Waals surface area (Å²) in [5.41, 5.74) is 4.91. The van der Waals surface area contributed by atoms with Crippen LogP contribution in [0.25, 0.3) is 22.2 Å². The molecule has 0 aliphatic heterocycles. The van der Waals surface area contributed by atoms with Crippen molar-refractivity contribution in [1.82, 2.24) is 9.29 Å². The summed E-state index contributed by atoms with van der Waals surface area (Å²) >= 11 is 1.61. The maximum Gasteiger partial charge on any atom is 0.303 e. The number of nitrogens with one attached hydrogen (secondary N) is 1. The molecule has 4 aromatic rings. The second-order valence-electron chi connectivity index (χ2n) is 9.54. The Hall–Kier alpha value is -3.55. The number of carboxylic acids is 1. The first kappa shape index (κ1) is 28.5. The van der Waals surface area contributed by atoms with Crippen LogP contribution in [0.5, 0.6) is 5.75 Å². The zero-order valence-electron chi connectivity index (χ0n) is 22.6. The summed E-state index contributed by atoms with van der Waals surface area (Å²) in [4.78, 5) is 25.7. The van der Waals surface area contributed by atoms with E-state index < -0.39 is 5.97 Å². The van der Waals surface area contributed by atoms with Crippen molar-refractivity contribution in [2.45, 2.75) is 56.8 Å². The number of nitrogens with zero attached hydrogens (tertiary/aromatic N) is 1. The molecule has 7 heteroatoms. The first-order chi connectivity index (χ1) is 19.0. The number of rotatable bonds is 14. The molecule has 0 saturated carbocycles. The van der Waals surface area contributed by atoms with E-state index in [2.05, 4.69) is 35.9 Å². The van der Waals surface area contributed by atoms with E-state index in [9.17, 15) is 14.7 Å². The average molecular weight is 545 g/mol. The van der Waals surface area contributed by atoms with E-state index in [-0.39, 0.29) is 18.7 Å². The molecule has 0 fully saturated rings. The molecule has 0 radical (unpaired) electrons. The highest BCUT2D eigenvalue weighted by atomic mass is 32.2. The topological polar surface area (TPSA) is 80.6 Å². The normalized spacial score (nSPS) is 11.1. The van der Waals surface area contributed by atoms with Crippen LogP contribution in [0, 0.1) is 0 Å². The molecule has 6 nitrogen and oxygen atoms in total. The van der Waals surface area contributed by atoms with Crippen LogP contribution in [-0.4, -0.2) is 35.2 Å². The number of para-hydroxylation sites is 1. The van der Waals surface area contributed by atoms with E-state index in [1.165, 1.54) is 24.8 Å². The van der Waals surface area contributed by atoms with Crippen LogP contribution in [0.3, 0.4) is 0 Å².